The average Bonchev–Trinajstić information content (AvgIpc) is 2.70. The topological polar surface area (TPSA) is 12.0 Å². The van der Waals surface area contributed by atoms with Crippen molar-refractivity contribution in [1.29, 1.82) is 0 Å². The molecule has 2 rings (SSSR count). The first-order chi connectivity index (χ1) is 9.33. The van der Waals surface area contributed by atoms with Gasteiger partial charge in [-0.15, -0.1) is 0 Å². The second-order valence-electron chi connectivity index (χ2n) is 6.56. The first-order valence-electron chi connectivity index (χ1n) is 8.71. The normalized spacial score (nSPS) is 36.3. The van der Waals surface area contributed by atoms with Gasteiger partial charge >= 0.3 is 0 Å². The predicted octanol–water partition coefficient (Wildman–Crippen LogP) is 5.00. The molecule has 2 aliphatic carbocycles. The highest BCUT2D eigenvalue weighted by molar-refractivity contribution is 7.99. The standard InChI is InChI=1S/C17H33NS/c1-3-7-14-8-5-9-15(13-12-14)18-16-10-6-11-17(16)19-4-2/h14-18H,3-13H2,1-2H3. The molecule has 112 valence electrons. The minimum atomic E-state index is 0.817. The summed E-state index contributed by atoms with van der Waals surface area (Å²) in [4.78, 5) is 0. The van der Waals surface area contributed by atoms with Gasteiger partial charge in [0.05, 0.1) is 0 Å². The fraction of sp³-hybridized carbons (Fsp3) is 1.00. The highest BCUT2D eigenvalue weighted by Crippen LogP contribution is 2.32. The van der Waals surface area contributed by atoms with Crippen molar-refractivity contribution < 1.29 is 0 Å². The van der Waals surface area contributed by atoms with Gasteiger partial charge in [-0.3, -0.25) is 0 Å². The van der Waals surface area contributed by atoms with Crippen molar-refractivity contribution in [3.8, 4) is 0 Å². The molecule has 4 atom stereocenters. The molecule has 2 aliphatic rings. The van der Waals surface area contributed by atoms with Gasteiger partial charge in [-0.1, -0.05) is 46.0 Å². The molecule has 0 aromatic heterocycles. The smallest absolute Gasteiger partial charge is 0.0201 e. The lowest BCUT2D eigenvalue weighted by Gasteiger charge is -2.26. The van der Waals surface area contributed by atoms with Gasteiger partial charge < -0.3 is 5.32 Å². The third-order valence-electron chi connectivity index (χ3n) is 5.07. The van der Waals surface area contributed by atoms with Gasteiger partial charge in [-0.25, -0.2) is 0 Å². The maximum absolute atomic E-state index is 4.03. The molecule has 0 radical (unpaired) electrons. The van der Waals surface area contributed by atoms with Crippen LogP contribution in [0.15, 0.2) is 0 Å². The molecule has 0 aromatic rings. The Morgan fingerprint density at radius 2 is 1.79 bits per heavy atom. The molecule has 0 amide bonds. The molecule has 0 spiro atoms. The molecule has 2 heteroatoms. The monoisotopic (exact) mass is 283 g/mol. The van der Waals surface area contributed by atoms with Crippen molar-refractivity contribution in [2.75, 3.05) is 5.75 Å². The molecule has 2 saturated carbocycles. The summed E-state index contributed by atoms with van der Waals surface area (Å²) in [6.45, 7) is 4.65. The van der Waals surface area contributed by atoms with E-state index in [9.17, 15) is 0 Å². The Morgan fingerprint density at radius 3 is 2.58 bits per heavy atom. The molecule has 1 N–H and O–H groups in total. The van der Waals surface area contributed by atoms with E-state index in [1.54, 1.807) is 0 Å². The summed E-state index contributed by atoms with van der Waals surface area (Å²) in [5, 5.41) is 4.94. The Hall–Kier alpha value is 0.310. The molecule has 1 nitrogen and oxygen atoms in total. The van der Waals surface area contributed by atoms with Crippen LogP contribution in [0.4, 0.5) is 0 Å². The minimum absolute atomic E-state index is 0.817. The van der Waals surface area contributed by atoms with Crippen molar-refractivity contribution in [3.63, 3.8) is 0 Å². The Balaban J connectivity index is 1.76. The minimum Gasteiger partial charge on any atom is -0.310 e. The van der Waals surface area contributed by atoms with E-state index >= 15 is 0 Å². The Labute approximate surface area is 124 Å². The Kier molecular flexibility index (Phi) is 7.07. The number of nitrogens with one attached hydrogen (secondary N) is 1. The summed E-state index contributed by atoms with van der Waals surface area (Å²) in [6, 6.07) is 1.64. The second-order valence-corrected chi connectivity index (χ2v) is 8.07. The summed E-state index contributed by atoms with van der Waals surface area (Å²) >= 11 is 2.19. The van der Waals surface area contributed by atoms with Gasteiger partial charge in [-0.2, -0.15) is 11.8 Å². The molecule has 0 heterocycles. The van der Waals surface area contributed by atoms with Crippen LogP contribution in [0.1, 0.15) is 78.1 Å². The summed E-state index contributed by atoms with van der Waals surface area (Å²) in [6.07, 6.45) is 14.4. The van der Waals surface area contributed by atoms with Crippen LogP contribution in [0.25, 0.3) is 0 Å². The van der Waals surface area contributed by atoms with E-state index in [0.29, 0.717) is 0 Å². The van der Waals surface area contributed by atoms with Crippen molar-refractivity contribution in [2.24, 2.45) is 5.92 Å². The number of thioether (sulfide) groups is 1. The highest BCUT2D eigenvalue weighted by atomic mass is 32.2. The van der Waals surface area contributed by atoms with E-state index in [2.05, 4.69) is 30.9 Å². The third-order valence-corrected chi connectivity index (χ3v) is 6.39. The van der Waals surface area contributed by atoms with Crippen molar-refractivity contribution in [1.82, 2.24) is 5.32 Å². The van der Waals surface area contributed by atoms with E-state index in [1.165, 1.54) is 70.0 Å². The Morgan fingerprint density at radius 1 is 0.947 bits per heavy atom. The van der Waals surface area contributed by atoms with E-state index in [1.807, 2.05) is 0 Å². The van der Waals surface area contributed by atoms with Crippen molar-refractivity contribution >= 4 is 11.8 Å². The molecule has 0 bridgehead atoms. The van der Waals surface area contributed by atoms with Gasteiger partial charge in [0.2, 0.25) is 0 Å². The van der Waals surface area contributed by atoms with Crippen LogP contribution in [-0.4, -0.2) is 23.1 Å². The number of hydrogen-bond acceptors (Lipinski definition) is 2. The maximum atomic E-state index is 4.03. The van der Waals surface area contributed by atoms with Crippen LogP contribution < -0.4 is 5.32 Å². The fourth-order valence-electron chi connectivity index (χ4n) is 4.08. The molecule has 19 heavy (non-hydrogen) atoms. The van der Waals surface area contributed by atoms with Crippen LogP contribution in [-0.2, 0) is 0 Å². The summed E-state index contributed by atoms with van der Waals surface area (Å²) < 4.78 is 0. The van der Waals surface area contributed by atoms with Gasteiger partial charge in [0, 0.05) is 17.3 Å². The lowest BCUT2D eigenvalue weighted by atomic mass is 9.95. The largest absolute Gasteiger partial charge is 0.310 e. The quantitative estimate of drug-likeness (QED) is 0.689. The number of hydrogen-bond donors (Lipinski definition) is 1. The SMILES string of the molecule is CCCC1CCCC(NC2CCCC2SCC)CC1. The number of rotatable bonds is 6. The van der Waals surface area contributed by atoms with Gasteiger partial charge in [-0.05, 0) is 43.8 Å². The molecule has 0 saturated heterocycles. The zero-order valence-corrected chi connectivity index (χ0v) is 13.8. The van der Waals surface area contributed by atoms with Crippen molar-refractivity contribution in [2.45, 2.75) is 95.4 Å². The highest BCUT2D eigenvalue weighted by Gasteiger charge is 2.29. The van der Waals surface area contributed by atoms with Crippen LogP contribution in [0.3, 0.4) is 0 Å². The lowest BCUT2D eigenvalue weighted by Crippen LogP contribution is -2.41. The third kappa shape index (κ3) is 4.97. The zero-order valence-electron chi connectivity index (χ0n) is 13.0. The maximum Gasteiger partial charge on any atom is 0.0201 e. The van der Waals surface area contributed by atoms with Crippen LogP contribution in [0.5, 0.6) is 0 Å². The van der Waals surface area contributed by atoms with Crippen LogP contribution in [0, 0.1) is 5.92 Å². The first-order valence-corrected chi connectivity index (χ1v) is 9.76. The zero-order chi connectivity index (χ0) is 13.5. The van der Waals surface area contributed by atoms with E-state index in [4.69, 9.17) is 0 Å². The second kappa shape index (κ2) is 8.56. The molecule has 0 aromatic carbocycles. The van der Waals surface area contributed by atoms with Crippen molar-refractivity contribution in [3.05, 3.63) is 0 Å². The first kappa shape index (κ1) is 15.7. The summed E-state index contributed by atoms with van der Waals surface area (Å²) in [7, 11) is 0. The summed E-state index contributed by atoms with van der Waals surface area (Å²) in [5.41, 5.74) is 0. The average molecular weight is 284 g/mol. The van der Waals surface area contributed by atoms with Gasteiger partial charge in [0.25, 0.3) is 0 Å². The van der Waals surface area contributed by atoms with Gasteiger partial charge in [0.1, 0.15) is 0 Å². The van der Waals surface area contributed by atoms with Crippen LogP contribution in [0.2, 0.25) is 0 Å². The molecular weight excluding hydrogens is 250 g/mol. The van der Waals surface area contributed by atoms with E-state index < -0.39 is 0 Å². The van der Waals surface area contributed by atoms with Gasteiger partial charge in [0.15, 0.2) is 0 Å². The molecule has 0 aliphatic heterocycles. The fourth-order valence-corrected chi connectivity index (χ4v) is 5.28. The van der Waals surface area contributed by atoms with Crippen LogP contribution >= 0.6 is 11.8 Å². The molecule has 4 unspecified atom stereocenters. The Bertz CT molecular complexity index is 243. The van der Waals surface area contributed by atoms with E-state index in [0.717, 1.165) is 23.3 Å². The molecule has 2 fully saturated rings. The predicted molar refractivity (Wildman–Crippen MR) is 88.0 cm³/mol. The molecular formula is C17H33NS. The lowest BCUT2D eigenvalue weighted by molar-refractivity contribution is 0.384. The van der Waals surface area contributed by atoms with E-state index in [-0.39, 0.29) is 0 Å². The summed E-state index contributed by atoms with van der Waals surface area (Å²) in [5.74, 6) is 2.31.